The first-order valence-corrected chi connectivity index (χ1v) is 6.98. The molecular formula is C11H18BrClN2OS. The van der Waals surface area contributed by atoms with Crippen LogP contribution in [-0.4, -0.2) is 11.9 Å². The highest BCUT2D eigenvalue weighted by atomic mass is 79.9. The lowest BCUT2D eigenvalue weighted by Crippen LogP contribution is -2.44. The number of carbonyl (C=O) groups excluding carboxylic acids is 1. The molecule has 17 heavy (non-hydrogen) atoms. The van der Waals surface area contributed by atoms with E-state index in [0.29, 0.717) is 6.54 Å². The van der Waals surface area contributed by atoms with Crippen LogP contribution in [0.5, 0.6) is 0 Å². The Morgan fingerprint density at radius 2 is 2.29 bits per heavy atom. The summed E-state index contributed by atoms with van der Waals surface area (Å²) in [7, 11) is 0. The first-order valence-electron chi connectivity index (χ1n) is 5.30. The third-order valence-corrected chi connectivity index (χ3v) is 4.32. The van der Waals surface area contributed by atoms with Gasteiger partial charge in [-0.25, -0.2) is 0 Å². The average molecular weight is 342 g/mol. The lowest BCUT2D eigenvalue weighted by molar-refractivity contribution is -0.123. The number of halogens is 2. The predicted octanol–water partition coefficient (Wildman–Crippen LogP) is 2.92. The van der Waals surface area contributed by atoms with Crippen molar-refractivity contribution in [1.82, 2.24) is 5.32 Å². The Labute approximate surface area is 121 Å². The van der Waals surface area contributed by atoms with Crippen molar-refractivity contribution in [2.45, 2.75) is 32.9 Å². The molecule has 0 aliphatic carbocycles. The molecule has 0 aliphatic rings. The maximum atomic E-state index is 11.7. The summed E-state index contributed by atoms with van der Waals surface area (Å²) in [5.74, 6) is 0.147. The van der Waals surface area contributed by atoms with Gasteiger partial charge in [-0.05, 0) is 27.9 Å². The third kappa shape index (κ3) is 5.38. The van der Waals surface area contributed by atoms with Gasteiger partial charge in [0.05, 0.1) is 12.6 Å². The molecule has 0 aromatic carbocycles. The van der Waals surface area contributed by atoms with E-state index in [1.807, 2.05) is 25.3 Å². The molecule has 0 fully saturated rings. The van der Waals surface area contributed by atoms with Gasteiger partial charge in [0.15, 0.2) is 0 Å². The van der Waals surface area contributed by atoms with Gasteiger partial charge < -0.3 is 11.1 Å². The van der Waals surface area contributed by atoms with E-state index in [1.54, 1.807) is 11.3 Å². The normalized spacial score (nSPS) is 13.6. The first kappa shape index (κ1) is 16.9. The van der Waals surface area contributed by atoms with Crippen LogP contribution in [0, 0.1) is 5.92 Å². The molecule has 3 N–H and O–H groups in total. The van der Waals surface area contributed by atoms with Gasteiger partial charge in [-0.15, -0.1) is 23.7 Å². The van der Waals surface area contributed by atoms with Crippen molar-refractivity contribution < 1.29 is 4.79 Å². The van der Waals surface area contributed by atoms with E-state index >= 15 is 0 Å². The Bertz CT molecular complexity index is 359. The van der Waals surface area contributed by atoms with Gasteiger partial charge in [0, 0.05) is 14.7 Å². The van der Waals surface area contributed by atoms with E-state index in [0.717, 1.165) is 15.8 Å². The van der Waals surface area contributed by atoms with E-state index < -0.39 is 6.04 Å². The Hall–Kier alpha value is -0.100. The number of rotatable bonds is 5. The molecule has 0 saturated carbocycles. The van der Waals surface area contributed by atoms with E-state index in [2.05, 4.69) is 21.2 Å². The van der Waals surface area contributed by atoms with Crippen molar-refractivity contribution in [3.05, 3.63) is 20.8 Å². The SMILES string of the molecule is CCC(C)C(N)C(=O)NCc1cc(Br)cs1.Cl. The van der Waals surface area contributed by atoms with Gasteiger partial charge >= 0.3 is 0 Å². The van der Waals surface area contributed by atoms with Crippen LogP contribution in [0.4, 0.5) is 0 Å². The monoisotopic (exact) mass is 340 g/mol. The second kappa shape index (κ2) is 8.08. The zero-order valence-corrected chi connectivity index (χ0v) is 13.1. The highest BCUT2D eigenvalue weighted by molar-refractivity contribution is 9.10. The van der Waals surface area contributed by atoms with Gasteiger partial charge in [-0.1, -0.05) is 20.3 Å². The van der Waals surface area contributed by atoms with Gasteiger partial charge in [-0.2, -0.15) is 0 Å². The predicted molar refractivity (Wildman–Crippen MR) is 78.5 cm³/mol. The number of nitrogens with one attached hydrogen (secondary N) is 1. The largest absolute Gasteiger partial charge is 0.350 e. The van der Waals surface area contributed by atoms with Crippen molar-refractivity contribution in [2.24, 2.45) is 11.7 Å². The smallest absolute Gasteiger partial charge is 0.237 e. The van der Waals surface area contributed by atoms with Crippen LogP contribution in [0.15, 0.2) is 15.9 Å². The molecule has 98 valence electrons. The van der Waals surface area contributed by atoms with Gasteiger partial charge in [-0.3, -0.25) is 4.79 Å². The van der Waals surface area contributed by atoms with Crippen LogP contribution in [-0.2, 0) is 11.3 Å². The maximum absolute atomic E-state index is 11.7. The molecule has 0 bridgehead atoms. The molecule has 1 aromatic heterocycles. The Morgan fingerprint density at radius 3 is 2.76 bits per heavy atom. The number of hydrogen-bond donors (Lipinski definition) is 2. The molecule has 1 aromatic rings. The highest BCUT2D eigenvalue weighted by Gasteiger charge is 2.18. The quantitative estimate of drug-likeness (QED) is 0.865. The van der Waals surface area contributed by atoms with E-state index in [4.69, 9.17) is 5.73 Å². The summed E-state index contributed by atoms with van der Waals surface area (Å²) in [6.45, 7) is 4.58. The summed E-state index contributed by atoms with van der Waals surface area (Å²) in [4.78, 5) is 12.8. The summed E-state index contributed by atoms with van der Waals surface area (Å²) in [5.41, 5.74) is 5.82. The van der Waals surface area contributed by atoms with Crippen molar-refractivity contribution in [3.8, 4) is 0 Å². The maximum Gasteiger partial charge on any atom is 0.237 e. The van der Waals surface area contributed by atoms with Crippen molar-refractivity contribution in [1.29, 1.82) is 0 Å². The minimum atomic E-state index is -0.409. The number of carbonyl (C=O) groups is 1. The van der Waals surface area contributed by atoms with Crippen molar-refractivity contribution >= 4 is 45.6 Å². The second-order valence-corrected chi connectivity index (χ2v) is 5.77. The van der Waals surface area contributed by atoms with Crippen LogP contribution in [0.1, 0.15) is 25.1 Å². The minimum Gasteiger partial charge on any atom is -0.350 e. The van der Waals surface area contributed by atoms with Crippen LogP contribution in [0.3, 0.4) is 0 Å². The Kier molecular flexibility index (Phi) is 8.03. The van der Waals surface area contributed by atoms with Gasteiger partial charge in [0.2, 0.25) is 5.91 Å². The van der Waals surface area contributed by atoms with E-state index in [-0.39, 0.29) is 24.2 Å². The molecule has 6 heteroatoms. The van der Waals surface area contributed by atoms with Gasteiger partial charge in [0.25, 0.3) is 0 Å². The lowest BCUT2D eigenvalue weighted by atomic mass is 9.99. The van der Waals surface area contributed by atoms with Crippen molar-refractivity contribution in [3.63, 3.8) is 0 Å². The van der Waals surface area contributed by atoms with Gasteiger partial charge in [0.1, 0.15) is 0 Å². The zero-order valence-electron chi connectivity index (χ0n) is 9.90. The fourth-order valence-electron chi connectivity index (χ4n) is 1.25. The van der Waals surface area contributed by atoms with Crippen LogP contribution >= 0.6 is 39.7 Å². The molecule has 2 atom stereocenters. The summed E-state index contributed by atoms with van der Waals surface area (Å²) in [6, 6.07) is 1.59. The fraction of sp³-hybridized carbons (Fsp3) is 0.545. The molecular weight excluding hydrogens is 324 g/mol. The summed E-state index contributed by atoms with van der Waals surface area (Å²) < 4.78 is 1.05. The molecule has 0 spiro atoms. The molecule has 2 unspecified atom stereocenters. The standard InChI is InChI=1S/C11H17BrN2OS.ClH/c1-3-7(2)10(13)11(15)14-5-9-4-8(12)6-16-9;/h4,6-7,10H,3,5,13H2,1-2H3,(H,14,15);1H. The number of amides is 1. The topological polar surface area (TPSA) is 55.1 Å². The second-order valence-electron chi connectivity index (χ2n) is 3.86. The Balaban J connectivity index is 0.00000256. The van der Waals surface area contributed by atoms with Crippen LogP contribution < -0.4 is 11.1 Å². The fourth-order valence-corrected chi connectivity index (χ4v) is 2.64. The molecule has 0 saturated heterocycles. The molecule has 0 aliphatic heterocycles. The van der Waals surface area contributed by atoms with E-state index in [1.165, 1.54) is 0 Å². The molecule has 1 heterocycles. The van der Waals surface area contributed by atoms with Crippen LogP contribution in [0.25, 0.3) is 0 Å². The molecule has 0 radical (unpaired) electrons. The van der Waals surface area contributed by atoms with Crippen LogP contribution in [0.2, 0.25) is 0 Å². The number of thiophene rings is 1. The Morgan fingerprint density at radius 1 is 1.65 bits per heavy atom. The molecule has 1 amide bonds. The lowest BCUT2D eigenvalue weighted by Gasteiger charge is -2.17. The summed E-state index contributed by atoms with van der Waals surface area (Å²) in [6.07, 6.45) is 0.916. The van der Waals surface area contributed by atoms with Crippen molar-refractivity contribution in [2.75, 3.05) is 0 Å². The number of hydrogen-bond acceptors (Lipinski definition) is 3. The summed E-state index contributed by atoms with van der Waals surface area (Å²) >= 11 is 4.99. The first-order chi connectivity index (χ1) is 7.54. The summed E-state index contributed by atoms with van der Waals surface area (Å²) in [5, 5.41) is 4.85. The third-order valence-electron chi connectivity index (χ3n) is 2.62. The average Bonchev–Trinajstić information content (AvgIpc) is 2.69. The molecule has 3 nitrogen and oxygen atoms in total. The number of nitrogens with two attached hydrogens (primary N) is 1. The molecule has 1 rings (SSSR count). The van der Waals surface area contributed by atoms with E-state index in [9.17, 15) is 4.79 Å². The highest BCUT2D eigenvalue weighted by Crippen LogP contribution is 2.19. The minimum absolute atomic E-state index is 0. The zero-order chi connectivity index (χ0) is 12.1.